The molecule has 1 aromatic heterocycles. The summed E-state index contributed by atoms with van der Waals surface area (Å²) in [7, 11) is 0. The number of hydrogen-bond donors (Lipinski definition) is 3. The average molecular weight is 480 g/mol. The van der Waals surface area contributed by atoms with E-state index in [1.165, 1.54) is 17.2 Å². The van der Waals surface area contributed by atoms with Gasteiger partial charge in [0, 0.05) is 44.2 Å². The van der Waals surface area contributed by atoms with E-state index in [2.05, 4.69) is 41.4 Å². The highest BCUT2D eigenvalue weighted by Crippen LogP contribution is 2.32. The van der Waals surface area contributed by atoms with Gasteiger partial charge in [0.2, 0.25) is 0 Å². The molecule has 7 heteroatoms. The van der Waals surface area contributed by atoms with Crippen molar-refractivity contribution in [3.8, 4) is 0 Å². The Morgan fingerprint density at radius 2 is 1.91 bits per heavy atom. The number of allylic oxidation sites excluding steroid dienone is 4. The number of aliphatic hydroxyl groups is 2. The van der Waals surface area contributed by atoms with E-state index in [0.717, 1.165) is 43.6 Å². The number of carbonyl (C=O) groups excluding carboxylic acids is 1. The van der Waals surface area contributed by atoms with Crippen LogP contribution in [-0.2, 0) is 0 Å². The maximum absolute atomic E-state index is 12.9. The monoisotopic (exact) mass is 479 g/mol. The zero-order chi connectivity index (χ0) is 25.3. The molecule has 0 bridgehead atoms. The molecule has 3 N–H and O–H groups in total. The van der Waals surface area contributed by atoms with Crippen LogP contribution in [0.25, 0.3) is 11.1 Å². The molecule has 0 unspecified atom stereocenters. The quantitative estimate of drug-likeness (QED) is 0.596. The summed E-state index contributed by atoms with van der Waals surface area (Å²) < 4.78 is 5.75. The summed E-state index contributed by atoms with van der Waals surface area (Å²) in [5, 5.41) is 28.7. The van der Waals surface area contributed by atoms with Gasteiger partial charge in [0.15, 0.2) is 11.1 Å². The molecule has 0 saturated carbocycles. The second-order valence-corrected chi connectivity index (χ2v) is 10.4. The Morgan fingerprint density at radius 1 is 1.17 bits per heavy atom. The predicted molar refractivity (Wildman–Crippen MR) is 137 cm³/mol. The summed E-state index contributed by atoms with van der Waals surface area (Å²) in [4.78, 5) is 15.4. The van der Waals surface area contributed by atoms with Crippen LogP contribution in [-0.4, -0.2) is 52.4 Å². The molecular formula is C28H37N3O4. The van der Waals surface area contributed by atoms with Gasteiger partial charge in [-0.3, -0.25) is 9.69 Å². The Bertz CT molecular complexity index is 1260. The van der Waals surface area contributed by atoms with Gasteiger partial charge < -0.3 is 20.1 Å². The van der Waals surface area contributed by atoms with Gasteiger partial charge in [0.1, 0.15) is 11.5 Å². The van der Waals surface area contributed by atoms with Gasteiger partial charge in [-0.1, -0.05) is 50.6 Å². The van der Waals surface area contributed by atoms with Gasteiger partial charge >= 0.3 is 0 Å². The van der Waals surface area contributed by atoms with Crippen LogP contribution in [0, 0.1) is 11.8 Å². The van der Waals surface area contributed by atoms with Crippen molar-refractivity contribution in [1.82, 2.24) is 15.4 Å². The second-order valence-electron chi connectivity index (χ2n) is 10.4. The van der Waals surface area contributed by atoms with Gasteiger partial charge in [-0.05, 0) is 48.3 Å². The maximum Gasteiger partial charge on any atom is 0.274 e. The predicted octanol–water partition coefficient (Wildman–Crippen LogP) is 3.66. The van der Waals surface area contributed by atoms with Crippen LogP contribution in [0.1, 0.15) is 64.4 Å². The summed E-state index contributed by atoms with van der Waals surface area (Å²) in [5.74, 6) is 0.443. The summed E-state index contributed by atoms with van der Waals surface area (Å²) in [5.41, 5.74) is 5.67. The molecule has 1 amide bonds. The number of amides is 1. The Balaban J connectivity index is 1.84. The lowest BCUT2D eigenvalue weighted by atomic mass is 9.86. The first-order valence-electron chi connectivity index (χ1n) is 12.6. The van der Waals surface area contributed by atoms with Crippen molar-refractivity contribution in [2.75, 3.05) is 26.2 Å². The van der Waals surface area contributed by atoms with Crippen LogP contribution >= 0.6 is 0 Å². The van der Waals surface area contributed by atoms with Crippen LogP contribution in [0.2, 0.25) is 0 Å². The van der Waals surface area contributed by atoms with Crippen molar-refractivity contribution in [2.45, 2.75) is 53.9 Å². The Hall–Kier alpha value is -3.06. The summed E-state index contributed by atoms with van der Waals surface area (Å²) in [6.45, 7) is 13.9. The maximum atomic E-state index is 12.9. The van der Waals surface area contributed by atoms with E-state index in [4.69, 9.17) is 4.52 Å². The number of hydrogen-bond acceptors (Lipinski definition) is 6. The van der Waals surface area contributed by atoms with Gasteiger partial charge in [-0.25, -0.2) is 0 Å². The number of nitrogens with zero attached hydrogens (tertiary/aromatic N) is 2. The standard InChI is InChI=1S/C28H37N3O4/c1-6-29-28(34)26-25(19-7-8-20-15-31(14-16(2)3)10-9-18(20)11-19)27(35-30-26)22-12-21(17(4)5)23(32)13-24(22)33/h7-8,13,16-17,32-33H,6,9-12,14-15H2,1-5H3,(H,29,34). The number of aromatic nitrogens is 1. The number of rotatable bonds is 5. The normalized spacial score (nSPS) is 22.2. The van der Waals surface area contributed by atoms with Crippen molar-refractivity contribution in [3.63, 3.8) is 0 Å². The first kappa shape index (κ1) is 25.0. The molecule has 4 rings (SSSR count). The van der Waals surface area contributed by atoms with Crippen molar-refractivity contribution < 1.29 is 19.5 Å². The third-order valence-corrected chi connectivity index (χ3v) is 6.91. The number of aliphatic hydroxyl groups excluding tert-OH is 2. The van der Waals surface area contributed by atoms with Gasteiger partial charge in [0.25, 0.3) is 5.91 Å². The summed E-state index contributed by atoms with van der Waals surface area (Å²) in [6, 6.07) is 0. The molecule has 0 radical (unpaired) electrons. The lowest BCUT2D eigenvalue weighted by molar-refractivity contribution is 0.0946. The summed E-state index contributed by atoms with van der Waals surface area (Å²) in [6.07, 6.45) is 7.63. The fourth-order valence-corrected chi connectivity index (χ4v) is 5.16. The minimum Gasteiger partial charge on any atom is -0.508 e. The molecule has 7 nitrogen and oxygen atoms in total. The van der Waals surface area contributed by atoms with Gasteiger partial charge in [0.05, 0.1) is 5.22 Å². The van der Waals surface area contributed by atoms with Gasteiger partial charge in [-0.2, -0.15) is 0 Å². The molecule has 0 atom stereocenters. The lowest BCUT2D eigenvalue weighted by Crippen LogP contribution is -2.37. The van der Waals surface area contributed by atoms with Crippen LogP contribution in [0.5, 0.6) is 0 Å². The van der Waals surface area contributed by atoms with Crippen molar-refractivity contribution in [3.05, 3.63) is 62.8 Å². The van der Waals surface area contributed by atoms with Crippen LogP contribution in [0.4, 0.5) is 0 Å². The second kappa shape index (κ2) is 10.3. The molecular weight excluding hydrogens is 442 g/mol. The van der Waals surface area contributed by atoms with Crippen LogP contribution in [0.3, 0.4) is 0 Å². The Kier molecular flexibility index (Phi) is 7.36. The minimum absolute atomic E-state index is 0.0611. The van der Waals surface area contributed by atoms with Crippen molar-refractivity contribution in [2.24, 2.45) is 11.8 Å². The number of carbonyl (C=O) groups is 1. The van der Waals surface area contributed by atoms with Crippen LogP contribution < -0.4 is 16.0 Å². The van der Waals surface area contributed by atoms with E-state index in [9.17, 15) is 15.0 Å². The smallest absolute Gasteiger partial charge is 0.274 e. The van der Waals surface area contributed by atoms with E-state index in [-0.39, 0.29) is 29.0 Å². The molecule has 188 valence electrons. The largest absolute Gasteiger partial charge is 0.508 e. The van der Waals surface area contributed by atoms with Crippen molar-refractivity contribution in [1.29, 1.82) is 0 Å². The molecule has 35 heavy (non-hydrogen) atoms. The Labute approximate surface area is 206 Å². The molecule has 0 aromatic carbocycles. The van der Waals surface area contributed by atoms with Crippen LogP contribution in [0.15, 0.2) is 51.0 Å². The fourth-order valence-electron chi connectivity index (χ4n) is 5.16. The summed E-state index contributed by atoms with van der Waals surface area (Å²) >= 11 is 0. The van der Waals surface area contributed by atoms with Gasteiger partial charge in [-0.15, -0.1) is 0 Å². The first-order valence-corrected chi connectivity index (χ1v) is 12.6. The number of nitrogens with one attached hydrogen (secondary N) is 1. The molecule has 3 aliphatic rings. The highest BCUT2D eigenvalue weighted by molar-refractivity contribution is 5.93. The molecule has 1 aromatic rings. The highest BCUT2D eigenvalue weighted by atomic mass is 16.5. The fraction of sp³-hybridized carbons (Fsp3) is 0.500. The minimum atomic E-state index is -0.299. The topological polar surface area (TPSA) is 98.8 Å². The van der Waals surface area contributed by atoms with E-state index in [1.54, 1.807) is 0 Å². The van der Waals surface area contributed by atoms with E-state index < -0.39 is 0 Å². The highest BCUT2D eigenvalue weighted by Gasteiger charge is 2.27. The molecule has 0 spiro atoms. The molecule has 2 heterocycles. The van der Waals surface area contributed by atoms with Crippen molar-refractivity contribution >= 4 is 17.1 Å². The zero-order valence-electron chi connectivity index (χ0n) is 21.4. The Morgan fingerprint density at radius 3 is 2.60 bits per heavy atom. The molecule has 0 saturated heterocycles. The molecule has 2 aliphatic carbocycles. The third-order valence-electron chi connectivity index (χ3n) is 6.91. The van der Waals surface area contributed by atoms with E-state index in [0.29, 0.717) is 35.1 Å². The third kappa shape index (κ3) is 5.15. The molecule has 1 aliphatic heterocycles. The lowest BCUT2D eigenvalue weighted by Gasteiger charge is -2.32. The average Bonchev–Trinajstić information content (AvgIpc) is 3.23. The van der Waals surface area contributed by atoms with E-state index >= 15 is 0 Å². The SMILES string of the molecule is CCNC(=O)c1noc(=C2CC(C(C)C)=C(O)C=C2O)c1=C1C=CC2=C(CCN(CC(C)C)C2)C1. The van der Waals surface area contributed by atoms with E-state index in [1.807, 2.05) is 20.8 Å². The molecule has 0 fully saturated rings. The zero-order valence-corrected chi connectivity index (χ0v) is 21.4. The first-order chi connectivity index (χ1) is 16.7.